The number of hydrogen-bond acceptors (Lipinski definition) is 5. The maximum Gasteiger partial charge on any atom is 0.243 e. The summed E-state index contributed by atoms with van der Waals surface area (Å²) in [6.07, 6.45) is 0.385. The van der Waals surface area contributed by atoms with Crippen molar-refractivity contribution in [2.24, 2.45) is 11.5 Å². The topological polar surface area (TPSA) is 148 Å². The van der Waals surface area contributed by atoms with Gasteiger partial charge < -0.3 is 27.2 Å². The van der Waals surface area contributed by atoms with E-state index in [1.807, 2.05) is 30.3 Å². The van der Waals surface area contributed by atoms with Crippen LogP contribution in [-0.2, 0) is 27.2 Å². The number of nitrogens with one attached hydrogen (secondary N) is 2. The SMILES string of the molecule is CC(N)C(=O)NC(Cc1ccc(O)cc1)C(=O)NC(Cc1ccccc1)C(N)=O. The van der Waals surface area contributed by atoms with E-state index in [1.54, 1.807) is 12.1 Å². The van der Waals surface area contributed by atoms with E-state index in [0.29, 0.717) is 5.56 Å². The first-order valence-electron chi connectivity index (χ1n) is 9.23. The Labute approximate surface area is 169 Å². The fourth-order valence-electron chi connectivity index (χ4n) is 2.73. The van der Waals surface area contributed by atoms with Crippen molar-refractivity contribution >= 4 is 17.7 Å². The molecule has 0 saturated heterocycles. The predicted octanol–water partition coefficient (Wildman–Crippen LogP) is -0.0205. The van der Waals surface area contributed by atoms with Crippen molar-refractivity contribution in [3.8, 4) is 5.75 Å². The zero-order chi connectivity index (χ0) is 21.4. The maximum atomic E-state index is 12.9. The van der Waals surface area contributed by atoms with E-state index in [1.165, 1.54) is 19.1 Å². The maximum absolute atomic E-state index is 12.9. The number of aromatic hydroxyl groups is 1. The van der Waals surface area contributed by atoms with Crippen molar-refractivity contribution in [3.05, 3.63) is 65.7 Å². The van der Waals surface area contributed by atoms with Crippen molar-refractivity contribution in [1.82, 2.24) is 10.6 Å². The molecule has 0 heterocycles. The Morgan fingerprint density at radius 1 is 0.862 bits per heavy atom. The lowest BCUT2D eigenvalue weighted by Gasteiger charge is -2.23. The molecule has 2 rings (SSSR count). The van der Waals surface area contributed by atoms with Gasteiger partial charge in [0.1, 0.15) is 17.8 Å². The van der Waals surface area contributed by atoms with Gasteiger partial charge in [0.15, 0.2) is 0 Å². The molecule has 3 atom stereocenters. The molecule has 0 fully saturated rings. The van der Waals surface area contributed by atoms with E-state index >= 15 is 0 Å². The van der Waals surface area contributed by atoms with Crippen LogP contribution >= 0.6 is 0 Å². The standard InChI is InChI=1S/C21H26N4O4/c1-13(22)20(28)25-18(12-15-7-9-16(26)10-8-15)21(29)24-17(19(23)27)11-14-5-3-2-4-6-14/h2-10,13,17-18,26H,11-12,22H2,1H3,(H2,23,27)(H,24,29)(H,25,28). The molecule has 0 aliphatic carbocycles. The Morgan fingerprint density at radius 2 is 1.38 bits per heavy atom. The molecule has 0 aliphatic heterocycles. The third-order valence-electron chi connectivity index (χ3n) is 4.37. The lowest BCUT2D eigenvalue weighted by Crippen LogP contribution is -2.56. The molecule has 0 aliphatic rings. The number of hydrogen-bond donors (Lipinski definition) is 5. The fraction of sp³-hybridized carbons (Fsp3) is 0.286. The molecule has 3 unspecified atom stereocenters. The number of carbonyl (C=O) groups excluding carboxylic acids is 3. The number of benzene rings is 2. The number of rotatable bonds is 9. The van der Waals surface area contributed by atoms with Gasteiger partial charge in [0.2, 0.25) is 17.7 Å². The normalized spacial score (nSPS) is 13.7. The molecule has 8 heteroatoms. The molecule has 154 valence electrons. The monoisotopic (exact) mass is 398 g/mol. The third-order valence-corrected chi connectivity index (χ3v) is 4.37. The van der Waals surface area contributed by atoms with Crippen LogP contribution in [0, 0.1) is 0 Å². The lowest BCUT2D eigenvalue weighted by atomic mass is 10.0. The van der Waals surface area contributed by atoms with Crippen molar-refractivity contribution < 1.29 is 19.5 Å². The Hall–Kier alpha value is -3.39. The van der Waals surface area contributed by atoms with Gasteiger partial charge in [0.05, 0.1) is 6.04 Å². The number of phenols is 1. The molecule has 3 amide bonds. The summed E-state index contributed by atoms with van der Waals surface area (Å²) in [6.45, 7) is 1.51. The number of carbonyl (C=O) groups is 3. The molecule has 8 nitrogen and oxygen atoms in total. The molecular formula is C21H26N4O4. The van der Waals surface area contributed by atoms with Gasteiger partial charge in [-0.3, -0.25) is 14.4 Å². The molecule has 2 aromatic rings. The second-order valence-corrected chi connectivity index (χ2v) is 6.87. The average molecular weight is 398 g/mol. The summed E-state index contributed by atoms with van der Waals surface area (Å²) < 4.78 is 0. The smallest absolute Gasteiger partial charge is 0.243 e. The Kier molecular flexibility index (Phi) is 7.73. The van der Waals surface area contributed by atoms with Crippen molar-refractivity contribution in [3.63, 3.8) is 0 Å². The van der Waals surface area contributed by atoms with E-state index in [9.17, 15) is 19.5 Å². The van der Waals surface area contributed by atoms with Crippen LogP contribution in [0.25, 0.3) is 0 Å². The van der Waals surface area contributed by atoms with E-state index in [-0.39, 0.29) is 18.6 Å². The molecule has 29 heavy (non-hydrogen) atoms. The van der Waals surface area contributed by atoms with Gasteiger partial charge in [-0.2, -0.15) is 0 Å². The van der Waals surface area contributed by atoms with Crippen LogP contribution in [0.15, 0.2) is 54.6 Å². The van der Waals surface area contributed by atoms with Gasteiger partial charge in [0.25, 0.3) is 0 Å². The first kappa shape index (κ1) is 21.9. The third kappa shape index (κ3) is 6.93. The highest BCUT2D eigenvalue weighted by Gasteiger charge is 2.27. The van der Waals surface area contributed by atoms with Gasteiger partial charge in [-0.05, 0) is 30.2 Å². The summed E-state index contributed by atoms with van der Waals surface area (Å²) in [4.78, 5) is 36.8. The van der Waals surface area contributed by atoms with Crippen molar-refractivity contribution in [2.75, 3.05) is 0 Å². The summed E-state index contributed by atoms with van der Waals surface area (Å²) >= 11 is 0. The van der Waals surface area contributed by atoms with Gasteiger partial charge >= 0.3 is 0 Å². The van der Waals surface area contributed by atoms with E-state index in [4.69, 9.17) is 11.5 Å². The summed E-state index contributed by atoms with van der Waals surface area (Å²) in [7, 11) is 0. The average Bonchev–Trinajstić information content (AvgIpc) is 2.69. The zero-order valence-corrected chi connectivity index (χ0v) is 16.2. The molecule has 2 aromatic carbocycles. The number of phenolic OH excluding ortho intramolecular Hbond substituents is 1. The molecule has 0 bridgehead atoms. The Bertz CT molecular complexity index is 838. The zero-order valence-electron chi connectivity index (χ0n) is 16.2. The summed E-state index contributed by atoms with van der Waals surface area (Å²) in [6, 6.07) is 12.7. The van der Waals surface area contributed by atoms with Crippen LogP contribution in [0.2, 0.25) is 0 Å². The van der Waals surface area contributed by atoms with Crippen LogP contribution in [-0.4, -0.2) is 41.0 Å². The molecule has 0 saturated carbocycles. The van der Waals surface area contributed by atoms with Crippen molar-refractivity contribution in [2.45, 2.75) is 37.9 Å². The van der Waals surface area contributed by atoms with Gasteiger partial charge in [0, 0.05) is 12.8 Å². The van der Waals surface area contributed by atoms with E-state index in [2.05, 4.69) is 10.6 Å². The molecule has 0 spiro atoms. The first-order valence-corrected chi connectivity index (χ1v) is 9.23. The van der Waals surface area contributed by atoms with Crippen LogP contribution < -0.4 is 22.1 Å². The van der Waals surface area contributed by atoms with Crippen LogP contribution in [0.4, 0.5) is 0 Å². The second kappa shape index (κ2) is 10.2. The van der Waals surface area contributed by atoms with Gasteiger partial charge in [-0.25, -0.2) is 0 Å². The number of nitrogens with two attached hydrogens (primary N) is 2. The fourth-order valence-corrected chi connectivity index (χ4v) is 2.73. The van der Waals surface area contributed by atoms with Crippen LogP contribution in [0.5, 0.6) is 5.75 Å². The van der Waals surface area contributed by atoms with Gasteiger partial charge in [-0.15, -0.1) is 0 Å². The molecule has 0 radical (unpaired) electrons. The highest BCUT2D eigenvalue weighted by Crippen LogP contribution is 2.12. The van der Waals surface area contributed by atoms with Crippen molar-refractivity contribution in [1.29, 1.82) is 0 Å². The highest BCUT2D eigenvalue weighted by atomic mass is 16.3. The summed E-state index contributed by atoms with van der Waals surface area (Å²) in [5.41, 5.74) is 12.6. The Morgan fingerprint density at radius 3 is 1.93 bits per heavy atom. The minimum atomic E-state index is -0.962. The Balaban J connectivity index is 2.15. The minimum Gasteiger partial charge on any atom is -0.508 e. The molecule has 7 N–H and O–H groups in total. The summed E-state index contributed by atoms with van der Waals surface area (Å²) in [5.74, 6) is -1.63. The van der Waals surface area contributed by atoms with Gasteiger partial charge in [-0.1, -0.05) is 42.5 Å². The summed E-state index contributed by atoms with van der Waals surface area (Å²) in [5, 5.41) is 14.6. The second-order valence-electron chi connectivity index (χ2n) is 6.87. The molecular weight excluding hydrogens is 372 g/mol. The number of primary amides is 1. The largest absolute Gasteiger partial charge is 0.508 e. The highest BCUT2D eigenvalue weighted by molar-refractivity contribution is 5.92. The molecule has 0 aromatic heterocycles. The van der Waals surface area contributed by atoms with E-state index < -0.39 is 35.8 Å². The predicted molar refractivity (Wildman–Crippen MR) is 109 cm³/mol. The minimum absolute atomic E-state index is 0.0889. The van der Waals surface area contributed by atoms with Crippen LogP contribution in [0.1, 0.15) is 18.1 Å². The first-order chi connectivity index (χ1) is 13.8. The van der Waals surface area contributed by atoms with Crippen LogP contribution in [0.3, 0.4) is 0 Å². The lowest BCUT2D eigenvalue weighted by molar-refractivity contribution is -0.131. The number of amides is 3. The quantitative estimate of drug-likeness (QED) is 0.403. The van der Waals surface area contributed by atoms with E-state index in [0.717, 1.165) is 5.56 Å².